The molecule has 0 radical (unpaired) electrons. The van der Waals surface area contributed by atoms with Gasteiger partial charge in [0.2, 0.25) is 10.0 Å². The van der Waals surface area contributed by atoms with Gasteiger partial charge in [-0.05, 0) is 19.5 Å². The Labute approximate surface area is 122 Å². The Balaban J connectivity index is 2.83. The predicted molar refractivity (Wildman–Crippen MR) is 73.2 cm³/mol. The molecule has 0 spiro atoms. The first-order valence-electron chi connectivity index (χ1n) is 6.50. The van der Waals surface area contributed by atoms with E-state index in [1.807, 2.05) is 11.6 Å². The number of rotatable bonds is 7. The van der Waals surface area contributed by atoms with Crippen molar-refractivity contribution in [3.05, 3.63) is 18.0 Å². The molecular formula is C12H20F3N3O2S. The van der Waals surface area contributed by atoms with Gasteiger partial charge in [0.15, 0.2) is 0 Å². The van der Waals surface area contributed by atoms with Crippen LogP contribution in [0.2, 0.25) is 0 Å². The van der Waals surface area contributed by atoms with Gasteiger partial charge in [0.1, 0.15) is 0 Å². The van der Waals surface area contributed by atoms with Crippen molar-refractivity contribution in [2.45, 2.75) is 43.9 Å². The maximum absolute atomic E-state index is 12.2. The summed E-state index contributed by atoms with van der Waals surface area (Å²) in [6.07, 6.45) is -4.23. The van der Waals surface area contributed by atoms with Crippen LogP contribution in [-0.2, 0) is 23.6 Å². The highest BCUT2D eigenvalue weighted by molar-refractivity contribution is 7.89. The maximum atomic E-state index is 12.2. The summed E-state index contributed by atoms with van der Waals surface area (Å²) in [6.45, 7) is 4.32. The highest BCUT2D eigenvalue weighted by atomic mass is 32.2. The molecule has 0 aliphatic carbocycles. The minimum absolute atomic E-state index is 0.0353. The molecule has 0 aliphatic rings. The molecule has 5 nitrogen and oxygen atoms in total. The number of nitrogens with one attached hydrogen (secondary N) is 2. The Bertz CT molecular complexity index is 567. The third-order valence-corrected chi connectivity index (χ3v) is 4.40. The molecule has 1 heterocycles. The first-order chi connectivity index (χ1) is 9.55. The fourth-order valence-corrected chi connectivity index (χ4v) is 3.21. The number of nitrogens with zero attached hydrogens (tertiary/aromatic N) is 1. The van der Waals surface area contributed by atoms with Crippen molar-refractivity contribution >= 4 is 10.0 Å². The second-order valence-electron chi connectivity index (χ2n) is 4.90. The van der Waals surface area contributed by atoms with Crippen molar-refractivity contribution in [2.24, 2.45) is 7.05 Å². The second-order valence-corrected chi connectivity index (χ2v) is 6.61. The van der Waals surface area contributed by atoms with Crippen LogP contribution in [0.5, 0.6) is 0 Å². The highest BCUT2D eigenvalue weighted by Crippen LogP contribution is 2.22. The van der Waals surface area contributed by atoms with E-state index in [4.69, 9.17) is 0 Å². The molecule has 0 amide bonds. The molecule has 0 aliphatic heterocycles. The largest absolute Gasteiger partial charge is 0.390 e. The summed E-state index contributed by atoms with van der Waals surface area (Å²) < 4.78 is 64.5. The van der Waals surface area contributed by atoms with Gasteiger partial charge in [0.25, 0.3) is 0 Å². The van der Waals surface area contributed by atoms with E-state index in [0.717, 1.165) is 12.2 Å². The van der Waals surface area contributed by atoms with Crippen LogP contribution in [0, 0.1) is 0 Å². The second kappa shape index (κ2) is 6.80. The van der Waals surface area contributed by atoms with Gasteiger partial charge in [-0.2, -0.15) is 13.2 Å². The Kier molecular flexibility index (Phi) is 5.83. The summed E-state index contributed by atoms with van der Waals surface area (Å²) in [7, 11) is -2.27. The van der Waals surface area contributed by atoms with E-state index in [1.54, 1.807) is 11.6 Å². The van der Waals surface area contributed by atoms with Gasteiger partial charge < -0.3 is 9.88 Å². The van der Waals surface area contributed by atoms with Crippen molar-refractivity contribution in [1.82, 2.24) is 14.6 Å². The predicted octanol–water partition coefficient (Wildman–Crippen LogP) is 1.75. The zero-order chi connectivity index (χ0) is 16.3. The van der Waals surface area contributed by atoms with Gasteiger partial charge in [-0.15, -0.1) is 0 Å². The highest BCUT2D eigenvalue weighted by Gasteiger charge is 2.32. The zero-order valence-corrected chi connectivity index (χ0v) is 13.0. The fraction of sp³-hybridized carbons (Fsp3) is 0.667. The monoisotopic (exact) mass is 327 g/mol. The lowest BCUT2D eigenvalue weighted by atomic mass is 10.2. The van der Waals surface area contributed by atoms with Crippen LogP contribution >= 0.6 is 0 Å². The Morgan fingerprint density at radius 2 is 2.00 bits per heavy atom. The minimum atomic E-state index is -4.41. The molecule has 0 aromatic carbocycles. The summed E-state index contributed by atoms with van der Waals surface area (Å²) in [5.74, 6) is 0. The first kappa shape index (κ1) is 18.0. The number of hydrogen-bond acceptors (Lipinski definition) is 3. The van der Waals surface area contributed by atoms with Crippen LogP contribution in [0.4, 0.5) is 13.2 Å². The molecular weight excluding hydrogens is 307 g/mol. The van der Waals surface area contributed by atoms with E-state index in [9.17, 15) is 21.6 Å². The van der Waals surface area contributed by atoms with E-state index in [-0.39, 0.29) is 4.90 Å². The fourth-order valence-electron chi connectivity index (χ4n) is 1.87. The normalized spacial score (nSPS) is 14.4. The number of alkyl halides is 3. The molecule has 1 rings (SSSR count). The lowest BCUT2D eigenvalue weighted by molar-refractivity contribution is -0.137. The summed E-state index contributed by atoms with van der Waals surface area (Å²) in [4.78, 5) is -0.0353. The minimum Gasteiger partial charge on any atom is -0.352 e. The summed E-state index contributed by atoms with van der Waals surface area (Å²) in [6, 6.07) is 0.234. The van der Waals surface area contributed by atoms with Crippen molar-refractivity contribution in [3.8, 4) is 0 Å². The van der Waals surface area contributed by atoms with Gasteiger partial charge in [-0.3, -0.25) is 0 Å². The maximum Gasteiger partial charge on any atom is 0.390 e. The molecule has 0 fully saturated rings. The van der Waals surface area contributed by atoms with E-state index in [2.05, 4.69) is 5.32 Å². The van der Waals surface area contributed by atoms with Gasteiger partial charge in [-0.1, -0.05) is 6.92 Å². The van der Waals surface area contributed by atoms with Gasteiger partial charge in [0.05, 0.1) is 11.3 Å². The standard InChI is InChI=1S/C12H20F3N3O2S/c1-4-16-7-10-5-11(8-18(10)3)21(19,20)17-9(2)6-12(13,14)15/h5,8-9,16-17H,4,6-7H2,1-3H3. The van der Waals surface area contributed by atoms with E-state index < -0.39 is 28.7 Å². The molecule has 1 aromatic heterocycles. The Morgan fingerprint density at radius 3 is 2.52 bits per heavy atom. The molecule has 9 heteroatoms. The first-order valence-corrected chi connectivity index (χ1v) is 7.98. The smallest absolute Gasteiger partial charge is 0.352 e. The average Bonchev–Trinajstić information content (AvgIpc) is 2.65. The topological polar surface area (TPSA) is 63.1 Å². The number of halogens is 3. The number of hydrogen-bond donors (Lipinski definition) is 2. The Morgan fingerprint density at radius 1 is 1.38 bits per heavy atom. The molecule has 0 saturated carbocycles. The van der Waals surface area contributed by atoms with Crippen molar-refractivity contribution in [2.75, 3.05) is 6.54 Å². The van der Waals surface area contributed by atoms with E-state index >= 15 is 0 Å². The molecule has 21 heavy (non-hydrogen) atoms. The zero-order valence-electron chi connectivity index (χ0n) is 12.2. The third kappa shape index (κ3) is 5.68. The van der Waals surface area contributed by atoms with Crippen LogP contribution in [0.15, 0.2) is 17.2 Å². The SMILES string of the molecule is CCNCc1cc(S(=O)(=O)NC(C)CC(F)(F)F)cn1C. The van der Waals surface area contributed by atoms with Crippen LogP contribution in [0.1, 0.15) is 26.0 Å². The summed E-state index contributed by atoms with van der Waals surface area (Å²) in [5.41, 5.74) is 0.737. The van der Waals surface area contributed by atoms with Crippen molar-refractivity contribution < 1.29 is 21.6 Å². The number of aryl methyl sites for hydroxylation is 1. The van der Waals surface area contributed by atoms with Crippen molar-refractivity contribution in [1.29, 1.82) is 0 Å². The number of aromatic nitrogens is 1. The molecule has 0 saturated heterocycles. The lowest BCUT2D eigenvalue weighted by Gasteiger charge is -2.15. The Hall–Kier alpha value is -1.06. The third-order valence-electron chi connectivity index (χ3n) is 2.84. The van der Waals surface area contributed by atoms with Crippen molar-refractivity contribution in [3.63, 3.8) is 0 Å². The van der Waals surface area contributed by atoms with E-state index in [0.29, 0.717) is 6.54 Å². The van der Waals surface area contributed by atoms with Gasteiger partial charge in [0, 0.05) is 31.5 Å². The molecule has 2 N–H and O–H groups in total. The lowest BCUT2D eigenvalue weighted by Crippen LogP contribution is -2.35. The van der Waals surface area contributed by atoms with Crippen LogP contribution in [0.3, 0.4) is 0 Å². The molecule has 1 unspecified atom stereocenters. The van der Waals surface area contributed by atoms with Crippen LogP contribution in [0.25, 0.3) is 0 Å². The molecule has 122 valence electrons. The molecule has 1 aromatic rings. The van der Waals surface area contributed by atoms with Crippen LogP contribution in [-0.4, -0.2) is 31.7 Å². The van der Waals surface area contributed by atoms with Gasteiger partial charge in [-0.25, -0.2) is 13.1 Å². The average molecular weight is 327 g/mol. The van der Waals surface area contributed by atoms with Gasteiger partial charge >= 0.3 is 6.18 Å². The van der Waals surface area contributed by atoms with E-state index in [1.165, 1.54) is 19.2 Å². The molecule has 1 atom stereocenters. The summed E-state index contributed by atoms with van der Waals surface area (Å²) in [5, 5.41) is 3.06. The molecule has 0 bridgehead atoms. The summed E-state index contributed by atoms with van der Waals surface area (Å²) >= 11 is 0. The van der Waals surface area contributed by atoms with Crippen LogP contribution < -0.4 is 10.0 Å². The quantitative estimate of drug-likeness (QED) is 0.802. The number of sulfonamides is 1.